The SMILES string of the molecule is Cn1ccnc1-c1cc(C=C2Sc3ccccc3P2CCCS(=O)(=O)O)[n+](C)c2ccccc12. The number of aryl methyl sites for hydroxylation is 2. The predicted octanol–water partition coefficient (Wildman–Crippen LogP) is 4.55. The molecular weight excluding hydrogens is 485 g/mol. The third-order valence-electron chi connectivity index (χ3n) is 5.99. The number of hydrogen-bond donors (Lipinski definition) is 1. The van der Waals surface area contributed by atoms with Crippen molar-refractivity contribution in [1.29, 1.82) is 0 Å². The van der Waals surface area contributed by atoms with Gasteiger partial charge in [0.2, 0.25) is 11.2 Å². The molecule has 0 aliphatic carbocycles. The summed E-state index contributed by atoms with van der Waals surface area (Å²) in [4.78, 5) is 5.82. The van der Waals surface area contributed by atoms with Gasteiger partial charge in [-0.3, -0.25) is 4.55 Å². The minimum atomic E-state index is -3.96. The van der Waals surface area contributed by atoms with E-state index in [1.165, 1.54) is 14.8 Å². The Morgan fingerprint density at radius 1 is 1.18 bits per heavy atom. The number of rotatable bonds is 6. The maximum absolute atomic E-state index is 11.3. The van der Waals surface area contributed by atoms with Crippen LogP contribution in [0.15, 0.2) is 76.5 Å². The van der Waals surface area contributed by atoms with Gasteiger partial charge in [-0.05, 0) is 37.9 Å². The summed E-state index contributed by atoms with van der Waals surface area (Å²) in [7, 11) is -0.594. The molecule has 0 saturated heterocycles. The maximum Gasteiger partial charge on any atom is 0.264 e. The Morgan fingerprint density at radius 3 is 2.71 bits per heavy atom. The lowest BCUT2D eigenvalue weighted by Gasteiger charge is -2.13. The predicted molar refractivity (Wildman–Crippen MR) is 140 cm³/mol. The number of para-hydroxylation sites is 1. The summed E-state index contributed by atoms with van der Waals surface area (Å²) in [5.74, 6) is 0.702. The highest BCUT2D eigenvalue weighted by molar-refractivity contribution is 8.14. The van der Waals surface area contributed by atoms with E-state index in [2.05, 4.69) is 53.0 Å². The molecule has 1 aliphatic heterocycles. The van der Waals surface area contributed by atoms with E-state index < -0.39 is 18.0 Å². The lowest BCUT2D eigenvalue weighted by Crippen LogP contribution is -2.33. The van der Waals surface area contributed by atoms with Crippen LogP contribution in [0.4, 0.5) is 0 Å². The van der Waals surface area contributed by atoms with Crippen molar-refractivity contribution >= 4 is 52.1 Å². The largest absolute Gasteiger partial charge is 0.334 e. The average Bonchev–Trinajstić information content (AvgIpc) is 3.38. The lowest BCUT2D eigenvalue weighted by atomic mass is 10.1. The fraction of sp³-hybridized carbons (Fsp3) is 0.200. The molecule has 6 nitrogen and oxygen atoms in total. The molecule has 0 radical (unpaired) electrons. The first-order valence-electron chi connectivity index (χ1n) is 10.9. The number of benzene rings is 2. The molecule has 0 bridgehead atoms. The smallest absolute Gasteiger partial charge is 0.264 e. The zero-order valence-corrected chi connectivity index (χ0v) is 21.4. The summed E-state index contributed by atoms with van der Waals surface area (Å²) in [6.07, 6.45) is 7.15. The number of pyridine rings is 1. The molecule has 1 unspecified atom stereocenters. The van der Waals surface area contributed by atoms with Crippen LogP contribution in [0.25, 0.3) is 28.4 Å². The summed E-state index contributed by atoms with van der Waals surface area (Å²) >= 11 is 1.76. The highest BCUT2D eigenvalue weighted by Gasteiger charge is 2.29. The van der Waals surface area contributed by atoms with E-state index in [-0.39, 0.29) is 5.75 Å². The van der Waals surface area contributed by atoms with Crippen LogP contribution >= 0.6 is 19.7 Å². The summed E-state index contributed by atoms with van der Waals surface area (Å²) in [6, 6.07) is 18.9. The fourth-order valence-corrected chi connectivity index (χ4v) is 9.61. The topological polar surface area (TPSA) is 76.1 Å². The first-order valence-corrected chi connectivity index (χ1v) is 14.9. The summed E-state index contributed by atoms with van der Waals surface area (Å²) in [6.45, 7) is 0. The van der Waals surface area contributed by atoms with E-state index in [0.717, 1.165) is 28.0 Å². The zero-order valence-electron chi connectivity index (χ0n) is 18.9. The van der Waals surface area contributed by atoms with E-state index in [4.69, 9.17) is 0 Å². The van der Waals surface area contributed by atoms with Gasteiger partial charge < -0.3 is 4.57 Å². The minimum absolute atomic E-state index is 0.209. The van der Waals surface area contributed by atoms with E-state index in [1.54, 1.807) is 11.8 Å². The van der Waals surface area contributed by atoms with Gasteiger partial charge >= 0.3 is 0 Å². The summed E-state index contributed by atoms with van der Waals surface area (Å²) in [5, 5.41) is 2.41. The van der Waals surface area contributed by atoms with Crippen molar-refractivity contribution in [2.75, 3.05) is 11.9 Å². The van der Waals surface area contributed by atoms with Crippen molar-refractivity contribution in [1.82, 2.24) is 9.55 Å². The Labute approximate surface area is 204 Å². The van der Waals surface area contributed by atoms with Crippen molar-refractivity contribution in [2.45, 2.75) is 11.3 Å². The summed E-state index contributed by atoms with van der Waals surface area (Å²) < 4.78 is 37.3. The number of nitrogens with zero attached hydrogens (tertiary/aromatic N) is 3. The molecule has 4 aromatic rings. The Kier molecular flexibility index (Phi) is 6.34. The van der Waals surface area contributed by atoms with Gasteiger partial charge in [-0.25, -0.2) is 4.98 Å². The third kappa shape index (κ3) is 4.56. The molecule has 0 saturated carbocycles. The summed E-state index contributed by atoms with van der Waals surface area (Å²) in [5.41, 5.74) is 3.25. The first-order chi connectivity index (χ1) is 16.3. The monoisotopic (exact) mass is 510 g/mol. The van der Waals surface area contributed by atoms with Crippen molar-refractivity contribution in [3.05, 3.63) is 77.3 Å². The van der Waals surface area contributed by atoms with Crippen molar-refractivity contribution in [3.63, 3.8) is 0 Å². The van der Waals surface area contributed by atoms with Gasteiger partial charge in [0, 0.05) is 52.8 Å². The molecule has 2 aromatic heterocycles. The second-order valence-electron chi connectivity index (χ2n) is 8.26. The molecule has 1 N–H and O–H groups in total. The highest BCUT2D eigenvalue weighted by Crippen LogP contribution is 2.59. The number of aromatic nitrogens is 3. The van der Waals surface area contributed by atoms with Gasteiger partial charge in [0.15, 0.2) is 0 Å². The Bertz CT molecular complexity index is 1530. The van der Waals surface area contributed by atoms with E-state index in [9.17, 15) is 13.0 Å². The lowest BCUT2D eigenvalue weighted by molar-refractivity contribution is -0.646. The number of imidazole rings is 1. The second-order valence-corrected chi connectivity index (χ2v) is 13.5. The first kappa shape index (κ1) is 23.2. The molecule has 2 aromatic carbocycles. The Hall–Kier alpha value is -2.51. The zero-order chi connectivity index (χ0) is 23.9. The molecule has 3 heterocycles. The van der Waals surface area contributed by atoms with Gasteiger partial charge in [-0.15, -0.1) is 0 Å². The highest BCUT2D eigenvalue weighted by atomic mass is 32.2. The standard InChI is InChI=1S/C25H24N3O3PS2/c1-27-13-12-26-25(27)20-16-18(28(2)21-9-4-3-8-19(20)21)17-24-32(14-7-15-34(29,30)31)22-10-5-6-11-23(22)33-24/h3-6,8-13,16-17H,7,14-15H2,1-2H3/p+1. The van der Waals surface area contributed by atoms with Crippen LogP contribution in [0, 0.1) is 0 Å². The van der Waals surface area contributed by atoms with Crippen molar-refractivity contribution in [3.8, 4) is 11.4 Å². The molecule has 5 rings (SSSR count). The van der Waals surface area contributed by atoms with Gasteiger partial charge in [-0.2, -0.15) is 13.0 Å². The Balaban J connectivity index is 1.62. The van der Waals surface area contributed by atoms with Gasteiger partial charge in [0.05, 0.1) is 11.1 Å². The average molecular weight is 511 g/mol. The van der Waals surface area contributed by atoms with Crippen LogP contribution in [0.2, 0.25) is 0 Å². The molecule has 34 heavy (non-hydrogen) atoms. The molecule has 1 aliphatic rings. The fourth-order valence-electron chi connectivity index (χ4n) is 4.33. The second kappa shape index (κ2) is 9.27. The van der Waals surface area contributed by atoms with Crippen LogP contribution in [0.5, 0.6) is 0 Å². The van der Waals surface area contributed by atoms with Crippen molar-refractivity contribution < 1.29 is 17.5 Å². The molecule has 9 heteroatoms. The maximum atomic E-state index is 11.3. The van der Waals surface area contributed by atoms with Crippen LogP contribution in [-0.2, 0) is 24.2 Å². The van der Waals surface area contributed by atoms with Crippen molar-refractivity contribution in [2.24, 2.45) is 14.1 Å². The molecule has 0 spiro atoms. The van der Waals surface area contributed by atoms with Crippen LogP contribution in [0.1, 0.15) is 12.1 Å². The van der Waals surface area contributed by atoms with Crippen LogP contribution in [-0.4, -0.2) is 34.4 Å². The number of thioether (sulfide) groups is 1. The van der Waals surface area contributed by atoms with Crippen LogP contribution in [0.3, 0.4) is 0 Å². The Morgan fingerprint density at radius 2 is 1.94 bits per heavy atom. The third-order valence-corrected chi connectivity index (χ3v) is 11.2. The normalized spacial score (nSPS) is 16.9. The van der Waals surface area contributed by atoms with E-state index in [0.29, 0.717) is 12.6 Å². The van der Waals surface area contributed by atoms with Gasteiger partial charge in [0.1, 0.15) is 12.9 Å². The number of fused-ring (bicyclic) bond motifs is 2. The quantitative estimate of drug-likeness (QED) is 0.234. The van der Waals surface area contributed by atoms with E-state index >= 15 is 0 Å². The molecule has 1 atom stereocenters. The van der Waals surface area contributed by atoms with Crippen LogP contribution < -0.4 is 9.87 Å². The minimum Gasteiger partial charge on any atom is -0.334 e. The molecule has 0 fully saturated rings. The van der Waals surface area contributed by atoms with E-state index in [1.807, 2.05) is 48.3 Å². The number of hydrogen-bond acceptors (Lipinski definition) is 4. The van der Waals surface area contributed by atoms with Gasteiger partial charge in [-0.1, -0.05) is 42.1 Å². The molecule has 0 amide bonds. The molecule has 174 valence electrons. The molecular formula is C25H25N3O3PS2+. The van der Waals surface area contributed by atoms with Gasteiger partial charge in [0.25, 0.3) is 10.1 Å².